The van der Waals surface area contributed by atoms with Crippen molar-refractivity contribution in [1.82, 2.24) is 33.6 Å². The summed E-state index contributed by atoms with van der Waals surface area (Å²) in [5.41, 5.74) is 11.0. The van der Waals surface area contributed by atoms with Crippen LogP contribution in [0.2, 0.25) is 0 Å². The standard InChI is InChI=1S/C54H33N7/c1-2-14-34(15-3-1)45-33-51(59-46-22-8-4-17-37(46)38-18-5-9-23-47(38)59)58-54(57-45)61-49-25-11-7-20-40(49)42-30-29-41-39-19-6-10-24-48(39)60(52(41)53(42)61)50-26-12-21-43(56-50)36-28-27-35-16-13-31-55-44(35)32-36/h1-33H. The van der Waals surface area contributed by atoms with Crippen LogP contribution in [0.5, 0.6) is 0 Å². The number of nitrogens with zero attached hydrogens (tertiary/aromatic N) is 7. The van der Waals surface area contributed by atoms with E-state index in [4.69, 9.17) is 15.0 Å². The molecule has 6 aromatic heterocycles. The second-order valence-corrected chi connectivity index (χ2v) is 15.5. The summed E-state index contributed by atoms with van der Waals surface area (Å²) in [7, 11) is 0. The molecule has 0 saturated heterocycles. The number of aromatic nitrogens is 7. The maximum absolute atomic E-state index is 5.57. The molecule has 0 N–H and O–H groups in total. The molecule has 0 radical (unpaired) electrons. The van der Waals surface area contributed by atoms with Crippen LogP contribution in [0.25, 0.3) is 116 Å². The monoisotopic (exact) mass is 779 g/mol. The molecule has 61 heavy (non-hydrogen) atoms. The quantitative estimate of drug-likeness (QED) is 0.174. The van der Waals surface area contributed by atoms with Gasteiger partial charge in [-0.15, -0.1) is 0 Å². The molecule has 6 heterocycles. The first kappa shape index (κ1) is 33.5. The van der Waals surface area contributed by atoms with Crippen LogP contribution >= 0.6 is 0 Å². The van der Waals surface area contributed by atoms with Crippen molar-refractivity contribution in [3.05, 3.63) is 200 Å². The fourth-order valence-electron chi connectivity index (χ4n) is 9.44. The smallest absolute Gasteiger partial charge is 0.237 e. The summed E-state index contributed by atoms with van der Waals surface area (Å²) in [6.07, 6.45) is 1.84. The fraction of sp³-hybridized carbons (Fsp3) is 0. The predicted octanol–water partition coefficient (Wildman–Crippen LogP) is 13.0. The van der Waals surface area contributed by atoms with Gasteiger partial charge in [0.1, 0.15) is 11.6 Å². The number of benzene rings is 7. The highest BCUT2D eigenvalue weighted by Crippen LogP contribution is 2.42. The maximum Gasteiger partial charge on any atom is 0.237 e. The Balaban J connectivity index is 1.15. The van der Waals surface area contributed by atoms with Crippen LogP contribution < -0.4 is 0 Å². The van der Waals surface area contributed by atoms with Gasteiger partial charge in [-0.2, -0.15) is 4.98 Å². The van der Waals surface area contributed by atoms with Gasteiger partial charge in [-0.1, -0.05) is 140 Å². The molecule has 0 aliphatic heterocycles. The first-order valence-electron chi connectivity index (χ1n) is 20.5. The molecule has 0 unspecified atom stereocenters. The van der Waals surface area contributed by atoms with E-state index < -0.39 is 0 Å². The average Bonchev–Trinajstić information content (AvgIpc) is 3.98. The molecular formula is C54H33N7. The molecular weight excluding hydrogens is 747 g/mol. The lowest BCUT2D eigenvalue weighted by Crippen LogP contribution is -2.08. The van der Waals surface area contributed by atoms with Crippen LogP contribution in [-0.4, -0.2) is 33.6 Å². The van der Waals surface area contributed by atoms with Gasteiger partial charge in [0.05, 0.1) is 50.0 Å². The topological polar surface area (TPSA) is 66.3 Å². The van der Waals surface area contributed by atoms with E-state index in [1.807, 2.05) is 18.3 Å². The van der Waals surface area contributed by atoms with E-state index in [9.17, 15) is 0 Å². The zero-order valence-corrected chi connectivity index (χ0v) is 32.7. The van der Waals surface area contributed by atoms with Gasteiger partial charge in [0.2, 0.25) is 5.95 Å². The normalized spacial score (nSPS) is 11.9. The van der Waals surface area contributed by atoms with Crippen LogP contribution in [0, 0.1) is 0 Å². The highest BCUT2D eigenvalue weighted by atomic mass is 15.2. The van der Waals surface area contributed by atoms with Crippen molar-refractivity contribution in [1.29, 1.82) is 0 Å². The number of fused-ring (bicyclic) bond motifs is 11. The van der Waals surface area contributed by atoms with Gasteiger partial charge in [-0.25, -0.2) is 9.97 Å². The Morgan fingerprint density at radius 3 is 1.61 bits per heavy atom. The summed E-state index contributed by atoms with van der Waals surface area (Å²) in [4.78, 5) is 21.1. The lowest BCUT2D eigenvalue weighted by molar-refractivity contribution is 0.951. The van der Waals surface area contributed by atoms with Crippen LogP contribution in [0.4, 0.5) is 0 Å². The molecule has 7 heteroatoms. The third kappa shape index (κ3) is 5.04. The van der Waals surface area contributed by atoms with Crippen molar-refractivity contribution in [2.24, 2.45) is 0 Å². The third-order valence-corrected chi connectivity index (χ3v) is 12.1. The summed E-state index contributed by atoms with van der Waals surface area (Å²) in [5.74, 6) is 2.19. The zero-order valence-electron chi connectivity index (χ0n) is 32.7. The van der Waals surface area contributed by atoms with Crippen molar-refractivity contribution in [2.75, 3.05) is 0 Å². The van der Waals surface area contributed by atoms with Crippen LogP contribution in [0.15, 0.2) is 200 Å². The number of hydrogen-bond acceptors (Lipinski definition) is 4. The van der Waals surface area contributed by atoms with Crippen LogP contribution in [0.3, 0.4) is 0 Å². The Bertz CT molecular complexity index is 3840. The maximum atomic E-state index is 5.57. The first-order chi connectivity index (χ1) is 30.3. The lowest BCUT2D eigenvalue weighted by Gasteiger charge is -2.15. The molecule has 0 fully saturated rings. The predicted molar refractivity (Wildman–Crippen MR) is 249 cm³/mol. The largest absolute Gasteiger partial charge is 0.294 e. The molecule has 0 bridgehead atoms. The fourth-order valence-corrected chi connectivity index (χ4v) is 9.44. The van der Waals surface area contributed by atoms with E-state index in [0.29, 0.717) is 5.95 Å². The molecule has 0 amide bonds. The van der Waals surface area contributed by atoms with E-state index >= 15 is 0 Å². The van der Waals surface area contributed by atoms with E-state index in [1.165, 1.54) is 10.8 Å². The van der Waals surface area contributed by atoms with E-state index in [2.05, 4.69) is 201 Å². The first-order valence-corrected chi connectivity index (χ1v) is 20.5. The van der Waals surface area contributed by atoms with Crippen molar-refractivity contribution in [2.45, 2.75) is 0 Å². The van der Waals surface area contributed by atoms with Crippen molar-refractivity contribution in [3.63, 3.8) is 0 Å². The molecule has 0 aliphatic rings. The minimum Gasteiger partial charge on any atom is -0.294 e. The number of pyridine rings is 2. The summed E-state index contributed by atoms with van der Waals surface area (Å²) >= 11 is 0. The molecule has 7 nitrogen and oxygen atoms in total. The summed E-state index contributed by atoms with van der Waals surface area (Å²) in [6.45, 7) is 0. The van der Waals surface area contributed by atoms with E-state index in [0.717, 1.165) is 99.7 Å². The average molecular weight is 780 g/mol. The van der Waals surface area contributed by atoms with Crippen LogP contribution in [-0.2, 0) is 0 Å². The van der Waals surface area contributed by atoms with E-state index in [1.54, 1.807) is 0 Å². The van der Waals surface area contributed by atoms with Crippen molar-refractivity contribution >= 4 is 76.3 Å². The Kier molecular flexibility index (Phi) is 7.17. The lowest BCUT2D eigenvalue weighted by atomic mass is 10.1. The van der Waals surface area contributed by atoms with Crippen LogP contribution in [0.1, 0.15) is 0 Å². The Labute approximate surface area is 349 Å². The van der Waals surface area contributed by atoms with Gasteiger partial charge in [-0.05, 0) is 48.5 Å². The van der Waals surface area contributed by atoms with Gasteiger partial charge in [0, 0.05) is 61.1 Å². The molecule has 0 aliphatic carbocycles. The highest BCUT2D eigenvalue weighted by Gasteiger charge is 2.24. The Morgan fingerprint density at radius 2 is 0.918 bits per heavy atom. The Morgan fingerprint density at radius 1 is 0.328 bits per heavy atom. The second kappa shape index (κ2) is 13.0. The minimum absolute atomic E-state index is 0.582. The van der Waals surface area contributed by atoms with Gasteiger partial charge >= 0.3 is 0 Å². The second-order valence-electron chi connectivity index (χ2n) is 15.5. The van der Waals surface area contributed by atoms with Crippen molar-refractivity contribution < 1.29 is 0 Å². The Hall–Kier alpha value is -8.42. The minimum atomic E-state index is 0.582. The summed E-state index contributed by atoms with van der Waals surface area (Å²) in [5, 5.41) is 7.94. The third-order valence-electron chi connectivity index (χ3n) is 12.1. The molecule has 13 aromatic rings. The van der Waals surface area contributed by atoms with Gasteiger partial charge in [0.25, 0.3) is 0 Å². The summed E-state index contributed by atoms with van der Waals surface area (Å²) < 4.78 is 6.87. The zero-order chi connectivity index (χ0) is 40.0. The number of hydrogen-bond donors (Lipinski definition) is 0. The number of rotatable bonds is 5. The molecule has 0 atom stereocenters. The molecule has 0 saturated carbocycles. The number of para-hydroxylation sites is 4. The van der Waals surface area contributed by atoms with E-state index in [-0.39, 0.29) is 0 Å². The molecule has 7 aromatic carbocycles. The van der Waals surface area contributed by atoms with Gasteiger partial charge in [0.15, 0.2) is 0 Å². The molecule has 0 spiro atoms. The molecule has 284 valence electrons. The highest BCUT2D eigenvalue weighted by molar-refractivity contribution is 6.23. The van der Waals surface area contributed by atoms with Gasteiger partial charge < -0.3 is 0 Å². The van der Waals surface area contributed by atoms with Crippen molar-refractivity contribution in [3.8, 4) is 40.1 Å². The van der Waals surface area contributed by atoms with Gasteiger partial charge in [-0.3, -0.25) is 18.7 Å². The molecule has 13 rings (SSSR count). The SMILES string of the molecule is c1ccc(-c2cc(-n3c4ccccc4c4ccccc43)nc(-n3c4ccccc4c4ccc5c6ccccc6n(-c6cccc(-c7ccc8cccnc8c7)n6)c5c43)n2)cc1. The summed E-state index contributed by atoms with van der Waals surface area (Å²) in [6, 6.07) is 68.1.